The molecular weight excluding hydrogens is 420 g/mol. The summed E-state index contributed by atoms with van der Waals surface area (Å²) in [7, 11) is 1.62. The van der Waals surface area contributed by atoms with Gasteiger partial charge in [0.15, 0.2) is 5.16 Å². The van der Waals surface area contributed by atoms with Gasteiger partial charge in [0.1, 0.15) is 0 Å². The quantitative estimate of drug-likeness (QED) is 0.225. The van der Waals surface area contributed by atoms with Crippen molar-refractivity contribution >= 4 is 46.0 Å². The number of thioether (sulfide) groups is 1. The number of nitro groups is 1. The van der Waals surface area contributed by atoms with Crippen molar-refractivity contribution in [2.75, 3.05) is 24.3 Å². The molecule has 0 bridgehead atoms. The van der Waals surface area contributed by atoms with Crippen molar-refractivity contribution in [1.29, 1.82) is 0 Å². The molecule has 2 aromatic carbocycles. The van der Waals surface area contributed by atoms with E-state index in [1.165, 1.54) is 28.8 Å². The highest BCUT2D eigenvalue weighted by molar-refractivity contribution is 7.99. The molecule has 162 valence electrons. The Balaban J connectivity index is 1.75. The number of esters is 1. The molecule has 9 nitrogen and oxygen atoms in total. The third kappa shape index (κ3) is 4.85. The first-order valence-electron chi connectivity index (χ1n) is 9.66. The number of hydrogen-bond acceptors (Lipinski definition) is 7. The van der Waals surface area contributed by atoms with E-state index in [9.17, 15) is 19.7 Å². The van der Waals surface area contributed by atoms with Crippen LogP contribution in [0.3, 0.4) is 0 Å². The number of ether oxygens (including phenoxy) is 1. The van der Waals surface area contributed by atoms with E-state index >= 15 is 0 Å². The largest absolute Gasteiger partial charge is 0.462 e. The van der Waals surface area contributed by atoms with Crippen LogP contribution in [0.25, 0.3) is 11.0 Å². The number of amides is 1. The fourth-order valence-corrected chi connectivity index (χ4v) is 4.02. The fraction of sp³-hybridized carbons (Fsp3) is 0.286. The molecule has 0 saturated heterocycles. The summed E-state index contributed by atoms with van der Waals surface area (Å²) in [6.07, 6.45) is 0. The molecule has 1 heterocycles. The summed E-state index contributed by atoms with van der Waals surface area (Å²) in [6.45, 7) is 4.69. The molecule has 1 amide bonds. The van der Waals surface area contributed by atoms with Crippen molar-refractivity contribution in [3.8, 4) is 0 Å². The van der Waals surface area contributed by atoms with Crippen LogP contribution in [0.5, 0.6) is 0 Å². The Bertz CT molecular complexity index is 1130. The summed E-state index contributed by atoms with van der Waals surface area (Å²) in [6, 6.07) is 11.0. The zero-order valence-electron chi connectivity index (χ0n) is 17.4. The summed E-state index contributed by atoms with van der Waals surface area (Å²) in [5.74, 6) is -0.424. The van der Waals surface area contributed by atoms with Gasteiger partial charge >= 0.3 is 5.97 Å². The van der Waals surface area contributed by atoms with E-state index in [4.69, 9.17) is 4.74 Å². The number of imidazole rings is 1. The molecule has 0 fully saturated rings. The summed E-state index contributed by atoms with van der Waals surface area (Å²) in [5.41, 5.74) is 2.50. The van der Waals surface area contributed by atoms with E-state index in [2.05, 4.69) is 4.98 Å². The maximum Gasteiger partial charge on any atom is 0.338 e. The molecule has 3 aromatic rings. The van der Waals surface area contributed by atoms with Gasteiger partial charge in [-0.1, -0.05) is 11.8 Å². The number of rotatable bonds is 8. The van der Waals surface area contributed by atoms with Gasteiger partial charge in [0.25, 0.3) is 5.69 Å². The van der Waals surface area contributed by atoms with Gasteiger partial charge in [-0.25, -0.2) is 9.78 Å². The maximum absolute atomic E-state index is 12.6. The van der Waals surface area contributed by atoms with E-state index in [0.717, 1.165) is 5.52 Å². The standard InChI is InChI=1S/C21H22N4O5S/c1-4-24-18-11-6-14(20(27)30-5-2)12-17(18)22-21(24)31-13-19(26)23(3)15-7-9-16(10-8-15)25(28)29/h6-12H,4-5,13H2,1-3H3. The normalized spacial score (nSPS) is 10.8. The lowest BCUT2D eigenvalue weighted by atomic mass is 10.2. The monoisotopic (exact) mass is 442 g/mol. The van der Waals surface area contributed by atoms with Crippen molar-refractivity contribution in [1.82, 2.24) is 9.55 Å². The van der Waals surface area contributed by atoms with Crippen LogP contribution >= 0.6 is 11.8 Å². The van der Waals surface area contributed by atoms with Crippen molar-refractivity contribution in [2.45, 2.75) is 25.5 Å². The summed E-state index contributed by atoms with van der Waals surface area (Å²) < 4.78 is 7.02. The lowest BCUT2D eigenvalue weighted by Gasteiger charge is -2.17. The Morgan fingerprint density at radius 2 is 1.90 bits per heavy atom. The minimum atomic E-state index is -0.482. The van der Waals surface area contributed by atoms with E-state index in [-0.39, 0.29) is 17.3 Å². The molecule has 0 aliphatic heterocycles. The van der Waals surface area contributed by atoms with Gasteiger partial charge in [0, 0.05) is 31.4 Å². The molecule has 0 aliphatic carbocycles. The van der Waals surface area contributed by atoms with Gasteiger partial charge in [-0.15, -0.1) is 0 Å². The van der Waals surface area contributed by atoms with Crippen LogP contribution in [0.15, 0.2) is 47.6 Å². The lowest BCUT2D eigenvalue weighted by molar-refractivity contribution is -0.384. The molecule has 0 spiro atoms. The second-order valence-corrected chi connectivity index (χ2v) is 7.52. The second kappa shape index (κ2) is 9.61. The summed E-state index contributed by atoms with van der Waals surface area (Å²) in [5, 5.41) is 11.5. The molecule has 0 N–H and O–H groups in total. The van der Waals surface area contributed by atoms with Crippen LogP contribution < -0.4 is 4.90 Å². The zero-order chi connectivity index (χ0) is 22.5. The number of nitrogens with zero attached hydrogens (tertiary/aromatic N) is 4. The van der Waals surface area contributed by atoms with Crippen LogP contribution in [-0.2, 0) is 16.1 Å². The highest BCUT2D eigenvalue weighted by Crippen LogP contribution is 2.26. The number of non-ortho nitro benzene ring substituents is 1. The van der Waals surface area contributed by atoms with E-state index in [1.54, 1.807) is 38.2 Å². The number of fused-ring (bicyclic) bond motifs is 1. The lowest BCUT2D eigenvalue weighted by Crippen LogP contribution is -2.28. The molecule has 31 heavy (non-hydrogen) atoms. The van der Waals surface area contributed by atoms with Gasteiger partial charge in [-0.3, -0.25) is 14.9 Å². The number of anilines is 1. The molecule has 0 radical (unpaired) electrons. The van der Waals surface area contributed by atoms with Crippen LogP contribution in [0.4, 0.5) is 11.4 Å². The van der Waals surface area contributed by atoms with Crippen LogP contribution in [0, 0.1) is 10.1 Å². The molecule has 0 unspecified atom stereocenters. The molecule has 0 aliphatic rings. The van der Waals surface area contributed by atoms with Gasteiger partial charge in [0.2, 0.25) is 5.91 Å². The first kappa shape index (κ1) is 22.3. The average Bonchev–Trinajstić information content (AvgIpc) is 3.13. The Hall–Kier alpha value is -3.40. The topological polar surface area (TPSA) is 108 Å². The predicted molar refractivity (Wildman–Crippen MR) is 119 cm³/mol. The van der Waals surface area contributed by atoms with E-state index in [1.807, 2.05) is 17.6 Å². The number of aromatic nitrogens is 2. The molecule has 1 aromatic heterocycles. The molecule has 0 saturated carbocycles. The van der Waals surface area contributed by atoms with E-state index < -0.39 is 10.9 Å². The van der Waals surface area contributed by atoms with Gasteiger partial charge in [-0.05, 0) is 44.2 Å². The number of aryl methyl sites for hydroxylation is 1. The highest BCUT2D eigenvalue weighted by atomic mass is 32.2. The number of carbonyl (C=O) groups excluding carboxylic acids is 2. The van der Waals surface area contributed by atoms with Crippen molar-refractivity contribution in [3.05, 3.63) is 58.1 Å². The minimum absolute atomic E-state index is 0.0298. The SMILES string of the molecule is CCOC(=O)c1ccc2c(c1)nc(SCC(=O)N(C)c1ccc([N+](=O)[O-])cc1)n2CC. The first-order chi connectivity index (χ1) is 14.8. The Kier molecular flexibility index (Phi) is 6.91. The molecular formula is C21H22N4O5S. The fourth-order valence-electron chi connectivity index (χ4n) is 3.03. The Morgan fingerprint density at radius 3 is 2.52 bits per heavy atom. The molecule has 0 atom stereocenters. The number of carbonyl (C=O) groups is 2. The van der Waals surface area contributed by atoms with Crippen LogP contribution in [0.2, 0.25) is 0 Å². The number of hydrogen-bond donors (Lipinski definition) is 0. The summed E-state index contributed by atoms with van der Waals surface area (Å²) in [4.78, 5) is 41.0. The third-order valence-corrected chi connectivity index (χ3v) is 5.65. The number of nitro benzene ring substituents is 1. The van der Waals surface area contributed by atoms with Gasteiger partial charge < -0.3 is 14.2 Å². The second-order valence-electron chi connectivity index (χ2n) is 6.58. The van der Waals surface area contributed by atoms with Gasteiger partial charge in [-0.2, -0.15) is 0 Å². The highest BCUT2D eigenvalue weighted by Gasteiger charge is 2.17. The number of benzene rings is 2. The molecule has 3 rings (SSSR count). The van der Waals surface area contributed by atoms with E-state index in [0.29, 0.717) is 35.1 Å². The first-order valence-corrected chi connectivity index (χ1v) is 10.7. The predicted octanol–water partition coefficient (Wildman–Crippen LogP) is 3.90. The maximum atomic E-state index is 12.6. The smallest absolute Gasteiger partial charge is 0.338 e. The minimum Gasteiger partial charge on any atom is -0.462 e. The summed E-state index contributed by atoms with van der Waals surface area (Å²) >= 11 is 1.30. The Morgan fingerprint density at radius 1 is 1.19 bits per heavy atom. The zero-order valence-corrected chi connectivity index (χ0v) is 18.2. The Labute approximate surface area is 183 Å². The molecule has 10 heteroatoms. The van der Waals surface area contributed by atoms with Crippen molar-refractivity contribution < 1.29 is 19.2 Å². The van der Waals surface area contributed by atoms with Crippen molar-refractivity contribution in [2.24, 2.45) is 0 Å². The van der Waals surface area contributed by atoms with Crippen LogP contribution in [0.1, 0.15) is 24.2 Å². The average molecular weight is 442 g/mol. The van der Waals surface area contributed by atoms with Gasteiger partial charge in [0.05, 0.1) is 33.9 Å². The third-order valence-electron chi connectivity index (χ3n) is 4.69. The van der Waals surface area contributed by atoms with Crippen molar-refractivity contribution in [3.63, 3.8) is 0 Å². The van der Waals surface area contributed by atoms with Crippen LogP contribution in [-0.4, -0.2) is 45.8 Å².